The van der Waals surface area contributed by atoms with Crippen LogP contribution >= 0.6 is 0 Å². The van der Waals surface area contributed by atoms with Crippen LogP contribution in [0.3, 0.4) is 0 Å². The first-order valence-electron chi connectivity index (χ1n) is 7.40. The Morgan fingerprint density at radius 2 is 1.60 bits per heavy atom. The third-order valence-corrected chi connectivity index (χ3v) is 2.79. The van der Waals surface area contributed by atoms with Gasteiger partial charge in [-0.2, -0.15) is 8.42 Å². The van der Waals surface area contributed by atoms with Crippen molar-refractivity contribution < 1.29 is 36.6 Å². The first-order chi connectivity index (χ1) is 11.3. The lowest BCUT2D eigenvalue weighted by Crippen LogP contribution is -2.21. The van der Waals surface area contributed by atoms with Gasteiger partial charge in [0.05, 0.1) is 5.57 Å². The van der Waals surface area contributed by atoms with Crippen LogP contribution in [0.1, 0.15) is 34.1 Å². The van der Waals surface area contributed by atoms with Gasteiger partial charge in [0.25, 0.3) is 0 Å². The Morgan fingerprint density at radius 1 is 1.12 bits per heavy atom. The smallest absolute Gasteiger partial charge is 0.394 e. The van der Waals surface area contributed by atoms with Gasteiger partial charge in [-0.1, -0.05) is 13.0 Å². The van der Waals surface area contributed by atoms with Gasteiger partial charge >= 0.3 is 22.3 Å². The summed E-state index contributed by atoms with van der Waals surface area (Å²) in [6.07, 6.45) is 2.12. The summed E-state index contributed by atoms with van der Waals surface area (Å²) in [7, 11) is -0.870. The molecule has 0 aromatic carbocycles. The molecule has 0 aliphatic rings. The van der Waals surface area contributed by atoms with Crippen LogP contribution in [-0.4, -0.2) is 61.6 Å². The second-order valence-electron chi connectivity index (χ2n) is 5.15. The quantitative estimate of drug-likeness (QED) is 0.292. The maximum Gasteiger partial charge on any atom is 0.394 e. The predicted octanol–water partition coefficient (Wildman–Crippen LogP) is 1.63. The van der Waals surface area contributed by atoms with E-state index in [0.29, 0.717) is 36.5 Å². The maximum atomic E-state index is 11.8. The summed E-state index contributed by atoms with van der Waals surface area (Å²) in [5.74, 6) is -0.537. The summed E-state index contributed by atoms with van der Waals surface area (Å²) in [5, 5.41) is 0. The Bertz CT molecular complexity index is 597. The van der Waals surface area contributed by atoms with Crippen molar-refractivity contribution >= 4 is 22.3 Å². The predicted molar refractivity (Wildman–Crippen MR) is 92.2 cm³/mol. The van der Waals surface area contributed by atoms with Crippen LogP contribution in [0.25, 0.3) is 0 Å². The van der Waals surface area contributed by atoms with Crippen molar-refractivity contribution in [2.45, 2.75) is 34.1 Å². The molecule has 0 atom stereocenters. The highest BCUT2D eigenvalue weighted by Crippen LogP contribution is 2.14. The molecule has 0 spiro atoms. The van der Waals surface area contributed by atoms with Crippen molar-refractivity contribution in [2.75, 3.05) is 27.2 Å². The van der Waals surface area contributed by atoms with Crippen molar-refractivity contribution in [3.63, 3.8) is 0 Å². The summed E-state index contributed by atoms with van der Waals surface area (Å²) in [6, 6.07) is 0. The number of hydrogen-bond donors (Lipinski definition) is 2. The van der Waals surface area contributed by atoms with Crippen LogP contribution in [0, 0.1) is 0 Å². The molecule has 0 unspecified atom stereocenters. The fourth-order valence-electron chi connectivity index (χ4n) is 1.27. The molecule has 10 heteroatoms. The van der Waals surface area contributed by atoms with Crippen molar-refractivity contribution in [1.82, 2.24) is 4.90 Å². The lowest BCUT2D eigenvalue weighted by Gasteiger charge is -2.13. The fourth-order valence-corrected chi connectivity index (χ4v) is 1.27. The molecule has 0 aliphatic heterocycles. The van der Waals surface area contributed by atoms with Crippen LogP contribution < -0.4 is 0 Å². The molecule has 0 aromatic heterocycles. The van der Waals surface area contributed by atoms with Gasteiger partial charge in [0.1, 0.15) is 12.4 Å². The van der Waals surface area contributed by atoms with Crippen LogP contribution in [0.5, 0.6) is 0 Å². The Labute approximate surface area is 148 Å². The molecular formula is C15H27NO8S. The molecule has 9 nitrogen and oxygen atoms in total. The van der Waals surface area contributed by atoms with E-state index in [9.17, 15) is 9.59 Å². The Kier molecular flexibility index (Phi) is 12.8. The number of esters is 2. The number of hydrogen-bond acceptors (Lipinski definition) is 7. The molecule has 0 amide bonds. The number of carbonyl (C=O) groups is 2. The Hall–Kier alpha value is -1.75. The highest BCUT2D eigenvalue weighted by atomic mass is 32.3. The Morgan fingerprint density at radius 3 is 1.96 bits per heavy atom. The van der Waals surface area contributed by atoms with E-state index >= 15 is 0 Å². The fraction of sp³-hybridized carbons (Fsp3) is 0.600. The van der Waals surface area contributed by atoms with E-state index in [1.165, 1.54) is 0 Å². The topological polar surface area (TPSA) is 130 Å². The van der Waals surface area contributed by atoms with E-state index in [-0.39, 0.29) is 0 Å². The van der Waals surface area contributed by atoms with Crippen molar-refractivity contribution in [2.24, 2.45) is 0 Å². The third-order valence-electron chi connectivity index (χ3n) is 2.79. The maximum absolute atomic E-state index is 11.8. The number of likely N-dealkylation sites (N-methyl/N-ethyl adjacent to an activating group) is 1. The number of ether oxygens (including phenoxy) is 2. The summed E-state index contributed by atoms with van der Waals surface area (Å²) in [4.78, 5) is 25.5. The van der Waals surface area contributed by atoms with E-state index in [1.807, 2.05) is 25.9 Å². The normalized spacial score (nSPS) is 12.8. The molecule has 0 rings (SSSR count). The molecule has 25 heavy (non-hydrogen) atoms. The van der Waals surface area contributed by atoms with Crippen LogP contribution in [0.2, 0.25) is 0 Å². The van der Waals surface area contributed by atoms with E-state index < -0.39 is 22.3 Å². The van der Waals surface area contributed by atoms with Crippen molar-refractivity contribution in [3.8, 4) is 0 Å². The molecule has 0 radical (unpaired) electrons. The van der Waals surface area contributed by atoms with E-state index in [0.717, 1.165) is 0 Å². The second-order valence-corrected chi connectivity index (χ2v) is 6.05. The summed E-state index contributed by atoms with van der Waals surface area (Å²) < 4.78 is 41.9. The molecule has 2 N–H and O–H groups in total. The number of nitrogens with zero attached hydrogens (tertiary/aromatic N) is 1. The van der Waals surface area contributed by atoms with Gasteiger partial charge in [0, 0.05) is 18.5 Å². The average molecular weight is 381 g/mol. The van der Waals surface area contributed by atoms with Gasteiger partial charge in [-0.25, -0.2) is 9.59 Å². The molecule has 0 aliphatic carbocycles. The average Bonchev–Trinajstić information content (AvgIpc) is 2.48. The van der Waals surface area contributed by atoms with Crippen LogP contribution in [0.15, 0.2) is 23.0 Å². The van der Waals surface area contributed by atoms with Crippen LogP contribution in [-0.2, 0) is 29.5 Å². The molecule has 0 heterocycles. The molecule has 0 saturated heterocycles. The van der Waals surface area contributed by atoms with Gasteiger partial charge in [-0.3, -0.25) is 9.11 Å². The van der Waals surface area contributed by atoms with Gasteiger partial charge in [0.2, 0.25) is 0 Å². The van der Waals surface area contributed by atoms with Crippen molar-refractivity contribution in [3.05, 3.63) is 23.0 Å². The van der Waals surface area contributed by atoms with Crippen molar-refractivity contribution in [1.29, 1.82) is 0 Å². The summed E-state index contributed by atoms with van der Waals surface area (Å²) >= 11 is 0. The zero-order chi connectivity index (χ0) is 20.2. The number of allylic oxidation sites excluding steroid dienone is 2. The SMILES string of the molecule is CC=C(C)C(=O)OC(CC)=C(C)C(=O)OCCN(C)C.O=S(=O)(O)O. The molecule has 0 bridgehead atoms. The minimum absolute atomic E-state index is 0.308. The Balaban J connectivity index is 0. The molecule has 0 fully saturated rings. The standard InChI is InChI=1S/C15H25NO4.H2O4S/c1-7-11(3)14(17)20-13(8-2)12(4)15(18)19-10-9-16(5)6;1-5(2,3)4/h7H,8-10H2,1-6H3;(H2,1,2,3,4). The molecule has 0 saturated carbocycles. The first kappa shape index (κ1) is 25.5. The summed E-state index contributed by atoms with van der Waals surface area (Å²) in [6.45, 7) is 7.81. The monoisotopic (exact) mass is 381 g/mol. The van der Waals surface area contributed by atoms with E-state index in [4.69, 9.17) is 27.0 Å². The molecule has 0 aromatic rings. The second kappa shape index (κ2) is 12.6. The van der Waals surface area contributed by atoms with E-state index in [2.05, 4.69) is 0 Å². The number of carbonyl (C=O) groups excluding carboxylic acids is 2. The third kappa shape index (κ3) is 15.5. The lowest BCUT2D eigenvalue weighted by molar-refractivity contribution is -0.140. The highest BCUT2D eigenvalue weighted by Gasteiger charge is 2.16. The zero-order valence-corrected chi connectivity index (χ0v) is 16.2. The minimum atomic E-state index is -4.67. The molecule has 146 valence electrons. The molecular weight excluding hydrogens is 354 g/mol. The summed E-state index contributed by atoms with van der Waals surface area (Å²) in [5.41, 5.74) is 0.841. The van der Waals surface area contributed by atoms with Gasteiger partial charge in [0.15, 0.2) is 0 Å². The first-order valence-corrected chi connectivity index (χ1v) is 8.79. The van der Waals surface area contributed by atoms with Gasteiger partial charge in [-0.15, -0.1) is 0 Å². The largest absolute Gasteiger partial charge is 0.461 e. The van der Waals surface area contributed by atoms with Gasteiger partial charge in [-0.05, 0) is 34.9 Å². The van der Waals surface area contributed by atoms with E-state index in [1.54, 1.807) is 26.8 Å². The van der Waals surface area contributed by atoms with Crippen LogP contribution in [0.4, 0.5) is 0 Å². The lowest BCUT2D eigenvalue weighted by atomic mass is 10.2. The number of rotatable bonds is 7. The highest BCUT2D eigenvalue weighted by molar-refractivity contribution is 7.79. The minimum Gasteiger partial charge on any atom is -0.461 e. The van der Waals surface area contributed by atoms with Gasteiger partial charge < -0.3 is 14.4 Å². The zero-order valence-electron chi connectivity index (χ0n) is 15.4.